The van der Waals surface area contributed by atoms with Crippen molar-refractivity contribution >= 4 is 21.6 Å². The summed E-state index contributed by atoms with van der Waals surface area (Å²) in [5.74, 6) is 0.489. The summed E-state index contributed by atoms with van der Waals surface area (Å²) in [6, 6.07) is 18.7. The van der Waals surface area contributed by atoms with E-state index in [1.165, 1.54) is 23.3 Å². The molecule has 0 unspecified atom stereocenters. The van der Waals surface area contributed by atoms with E-state index in [9.17, 15) is 4.39 Å². The van der Waals surface area contributed by atoms with Gasteiger partial charge in [-0.25, -0.2) is 4.39 Å². The average molecular weight is 414 g/mol. The first-order valence-electron chi connectivity index (χ1n) is 8.48. The van der Waals surface area contributed by atoms with Crippen LogP contribution >= 0.6 is 15.9 Å². The molecule has 1 N–H and O–H groups in total. The van der Waals surface area contributed by atoms with Gasteiger partial charge in [0.25, 0.3) is 0 Å². The summed E-state index contributed by atoms with van der Waals surface area (Å²) < 4.78 is 19.9. The minimum atomic E-state index is -0.252. The molecule has 0 aliphatic heterocycles. The lowest BCUT2D eigenvalue weighted by Crippen LogP contribution is -2.02. The predicted molar refractivity (Wildman–Crippen MR) is 108 cm³/mol. The maximum atomic E-state index is 13.2. The highest BCUT2D eigenvalue weighted by atomic mass is 79.9. The predicted octanol–water partition coefficient (Wildman–Crippen LogP) is 6.40. The molecule has 0 saturated carbocycles. The minimum absolute atomic E-state index is 0.252. The summed E-state index contributed by atoms with van der Waals surface area (Å²) in [5, 5.41) is 3.48. The first kappa shape index (κ1) is 18.5. The summed E-state index contributed by atoms with van der Waals surface area (Å²) >= 11 is 3.56. The lowest BCUT2D eigenvalue weighted by molar-refractivity contribution is 0.303. The summed E-state index contributed by atoms with van der Waals surface area (Å²) in [4.78, 5) is 0. The molecule has 0 heterocycles. The van der Waals surface area contributed by atoms with Crippen molar-refractivity contribution in [1.29, 1.82) is 0 Å². The maximum Gasteiger partial charge on any atom is 0.134 e. The highest BCUT2D eigenvalue weighted by Crippen LogP contribution is 2.27. The molecule has 0 aliphatic rings. The summed E-state index contributed by atoms with van der Waals surface area (Å²) in [6.07, 6.45) is 0. The van der Waals surface area contributed by atoms with Crippen LogP contribution in [0.25, 0.3) is 0 Å². The van der Waals surface area contributed by atoms with E-state index in [-0.39, 0.29) is 5.82 Å². The third-order valence-corrected chi connectivity index (χ3v) is 4.99. The second-order valence-electron chi connectivity index (χ2n) is 6.28. The van der Waals surface area contributed by atoms with Crippen molar-refractivity contribution < 1.29 is 9.13 Å². The zero-order chi connectivity index (χ0) is 18.5. The van der Waals surface area contributed by atoms with Gasteiger partial charge in [0.05, 0.1) is 4.47 Å². The average Bonchev–Trinajstić information content (AvgIpc) is 2.62. The van der Waals surface area contributed by atoms with E-state index in [0.29, 0.717) is 6.61 Å². The molecule has 3 aromatic rings. The molecule has 0 atom stereocenters. The number of halogens is 2. The molecule has 0 fully saturated rings. The highest BCUT2D eigenvalue weighted by Gasteiger charge is 2.05. The Hall–Kier alpha value is -2.33. The van der Waals surface area contributed by atoms with E-state index in [1.54, 1.807) is 6.07 Å². The smallest absolute Gasteiger partial charge is 0.134 e. The lowest BCUT2D eigenvalue weighted by atomic mass is 10.1. The Morgan fingerprint density at radius 2 is 1.77 bits per heavy atom. The molecule has 3 aromatic carbocycles. The fourth-order valence-corrected chi connectivity index (χ4v) is 3.24. The van der Waals surface area contributed by atoms with Gasteiger partial charge in [0.2, 0.25) is 0 Å². The van der Waals surface area contributed by atoms with Gasteiger partial charge < -0.3 is 10.1 Å². The van der Waals surface area contributed by atoms with Gasteiger partial charge >= 0.3 is 0 Å². The van der Waals surface area contributed by atoms with E-state index < -0.39 is 0 Å². The van der Waals surface area contributed by atoms with Crippen molar-refractivity contribution in [3.05, 3.63) is 93.2 Å². The van der Waals surface area contributed by atoms with E-state index in [1.807, 2.05) is 24.3 Å². The molecular weight excluding hydrogens is 393 g/mol. The fourth-order valence-electron chi connectivity index (χ4n) is 2.70. The van der Waals surface area contributed by atoms with E-state index in [2.05, 4.69) is 53.3 Å². The number of rotatable bonds is 6. The van der Waals surface area contributed by atoms with Gasteiger partial charge in [0.1, 0.15) is 18.2 Å². The number of hydrogen-bond donors (Lipinski definition) is 1. The number of anilines is 1. The minimum Gasteiger partial charge on any atom is -0.488 e. The Kier molecular flexibility index (Phi) is 5.94. The molecule has 0 bridgehead atoms. The van der Waals surface area contributed by atoms with Crippen LogP contribution in [0.2, 0.25) is 0 Å². The van der Waals surface area contributed by atoms with E-state index >= 15 is 0 Å². The molecular formula is C22H21BrFNO. The Labute approximate surface area is 162 Å². The summed E-state index contributed by atoms with van der Waals surface area (Å²) in [7, 11) is 0. The molecule has 134 valence electrons. The Morgan fingerprint density at radius 3 is 2.54 bits per heavy atom. The van der Waals surface area contributed by atoms with Gasteiger partial charge in [0, 0.05) is 12.2 Å². The van der Waals surface area contributed by atoms with Crippen LogP contribution in [-0.2, 0) is 13.2 Å². The normalized spacial score (nSPS) is 10.6. The maximum absolute atomic E-state index is 13.2. The number of hydrogen-bond acceptors (Lipinski definition) is 2. The molecule has 0 aliphatic carbocycles. The number of aryl methyl sites for hydroxylation is 1. The molecule has 3 rings (SSSR count). The Morgan fingerprint density at radius 1 is 0.962 bits per heavy atom. The molecule has 0 saturated heterocycles. The van der Waals surface area contributed by atoms with Crippen molar-refractivity contribution in [2.45, 2.75) is 27.0 Å². The molecule has 0 aromatic heterocycles. The van der Waals surface area contributed by atoms with Crippen LogP contribution in [0.4, 0.5) is 10.1 Å². The molecule has 0 radical (unpaired) electrons. The first-order chi connectivity index (χ1) is 12.5. The van der Waals surface area contributed by atoms with Crippen LogP contribution < -0.4 is 10.1 Å². The van der Waals surface area contributed by atoms with Crippen molar-refractivity contribution in [3.63, 3.8) is 0 Å². The Balaban J connectivity index is 1.63. The van der Waals surface area contributed by atoms with Crippen LogP contribution in [0, 0.1) is 19.7 Å². The number of nitrogens with one attached hydrogen (secondary N) is 1. The number of ether oxygens (including phenoxy) is 1. The molecule has 0 spiro atoms. The number of benzene rings is 3. The van der Waals surface area contributed by atoms with Crippen LogP contribution in [0.3, 0.4) is 0 Å². The third kappa shape index (κ3) is 4.64. The van der Waals surface area contributed by atoms with Crippen molar-refractivity contribution in [1.82, 2.24) is 0 Å². The zero-order valence-corrected chi connectivity index (χ0v) is 16.4. The standard InChI is InChI=1S/C22H21BrFNO/c1-15-5-3-8-21(16(15)2)25-13-17-9-10-22(20(23)12-17)26-14-18-6-4-7-19(24)11-18/h3-12,25H,13-14H2,1-2H3. The van der Waals surface area contributed by atoms with Crippen LogP contribution in [0.1, 0.15) is 22.3 Å². The summed E-state index contributed by atoms with van der Waals surface area (Å²) in [5.41, 5.74) is 5.64. The fraction of sp³-hybridized carbons (Fsp3) is 0.182. The van der Waals surface area contributed by atoms with Gasteiger partial charge in [-0.15, -0.1) is 0 Å². The molecule has 0 amide bonds. The van der Waals surface area contributed by atoms with Gasteiger partial charge in [-0.1, -0.05) is 30.3 Å². The monoisotopic (exact) mass is 413 g/mol. The van der Waals surface area contributed by atoms with Gasteiger partial charge in [-0.2, -0.15) is 0 Å². The van der Waals surface area contributed by atoms with E-state index in [0.717, 1.165) is 33.6 Å². The van der Waals surface area contributed by atoms with Crippen molar-refractivity contribution in [2.75, 3.05) is 5.32 Å². The van der Waals surface area contributed by atoms with Crippen molar-refractivity contribution in [3.8, 4) is 5.75 Å². The van der Waals surface area contributed by atoms with Crippen LogP contribution in [0.5, 0.6) is 5.75 Å². The summed E-state index contributed by atoms with van der Waals surface area (Å²) in [6.45, 7) is 5.29. The zero-order valence-electron chi connectivity index (χ0n) is 14.9. The molecule has 4 heteroatoms. The molecule has 2 nitrogen and oxygen atoms in total. The van der Waals surface area contributed by atoms with Gasteiger partial charge in [-0.3, -0.25) is 0 Å². The second-order valence-corrected chi connectivity index (χ2v) is 7.14. The largest absolute Gasteiger partial charge is 0.488 e. The van der Waals surface area contributed by atoms with Gasteiger partial charge in [-0.05, 0) is 82.4 Å². The van der Waals surface area contributed by atoms with E-state index in [4.69, 9.17) is 4.74 Å². The highest BCUT2D eigenvalue weighted by molar-refractivity contribution is 9.10. The second kappa shape index (κ2) is 8.37. The van der Waals surface area contributed by atoms with Crippen LogP contribution in [-0.4, -0.2) is 0 Å². The van der Waals surface area contributed by atoms with Gasteiger partial charge in [0.15, 0.2) is 0 Å². The SMILES string of the molecule is Cc1cccc(NCc2ccc(OCc3cccc(F)c3)c(Br)c2)c1C. The van der Waals surface area contributed by atoms with Crippen LogP contribution in [0.15, 0.2) is 65.1 Å². The third-order valence-electron chi connectivity index (χ3n) is 4.37. The molecule has 26 heavy (non-hydrogen) atoms. The topological polar surface area (TPSA) is 21.3 Å². The Bertz CT molecular complexity index is 910. The quantitative estimate of drug-likeness (QED) is 0.504. The lowest BCUT2D eigenvalue weighted by Gasteiger charge is -2.13. The first-order valence-corrected chi connectivity index (χ1v) is 9.28. The van der Waals surface area contributed by atoms with Crippen molar-refractivity contribution in [2.24, 2.45) is 0 Å².